The molecule has 0 bridgehead atoms. The second-order valence-corrected chi connectivity index (χ2v) is 4.46. The number of morpholine rings is 1. The first-order valence-corrected chi connectivity index (χ1v) is 5.91. The first-order chi connectivity index (χ1) is 6.83. The molecule has 2 rings (SSSR count). The lowest BCUT2D eigenvalue weighted by Crippen LogP contribution is -2.61. The summed E-state index contributed by atoms with van der Waals surface area (Å²) in [5, 5.41) is 3.47. The molecule has 0 aromatic heterocycles. The minimum absolute atomic E-state index is 0.485. The van der Waals surface area contributed by atoms with Crippen LogP contribution in [0.2, 0.25) is 0 Å². The van der Waals surface area contributed by atoms with Gasteiger partial charge in [0.15, 0.2) is 0 Å². The van der Waals surface area contributed by atoms with Gasteiger partial charge in [-0.15, -0.1) is 0 Å². The number of rotatable bonds is 2. The zero-order valence-electron chi connectivity index (χ0n) is 9.33. The van der Waals surface area contributed by atoms with Crippen molar-refractivity contribution in [2.75, 3.05) is 26.2 Å². The number of fused-ring (bicyclic) bond motifs is 1. The summed E-state index contributed by atoms with van der Waals surface area (Å²) >= 11 is 0. The van der Waals surface area contributed by atoms with Crippen molar-refractivity contribution in [2.45, 2.75) is 44.9 Å². The lowest BCUT2D eigenvalue weighted by atomic mass is 9.98. The van der Waals surface area contributed by atoms with Gasteiger partial charge in [0.1, 0.15) is 0 Å². The average molecular weight is 198 g/mol. The van der Waals surface area contributed by atoms with Gasteiger partial charge < -0.3 is 10.1 Å². The standard InChI is InChI=1S/C11H22N2O/c1-3-9(2)13-6-7-14-11-4-5-12-8-10(11)13/h9-12H,3-8H2,1-2H3/t9?,10-,11+/m1/s1. The van der Waals surface area contributed by atoms with Gasteiger partial charge in [-0.05, 0) is 26.3 Å². The Balaban J connectivity index is 2.01. The van der Waals surface area contributed by atoms with Crippen molar-refractivity contribution in [3.63, 3.8) is 0 Å². The van der Waals surface area contributed by atoms with E-state index >= 15 is 0 Å². The van der Waals surface area contributed by atoms with E-state index in [1.54, 1.807) is 0 Å². The van der Waals surface area contributed by atoms with Crippen LogP contribution < -0.4 is 5.32 Å². The van der Waals surface area contributed by atoms with E-state index in [0.29, 0.717) is 18.2 Å². The number of ether oxygens (including phenoxy) is 1. The first-order valence-electron chi connectivity index (χ1n) is 5.91. The molecule has 3 heteroatoms. The van der Waals surface area contributed by atoms with Crippen molar-refractivity contribution in [3.05, 3.63) is 0 Å². The molecule has 0 radical (unpaired) electrons. The number of hydrogen-bond acceptors (Lipinski definition) is 3. The van der Waals surface area contributed by atoms with Crippen LogP contribution in [0.3, 0.4) is 0 Å². The molecule has 1 unspecified atom stereocenters. The number of nitrogens with zero attached hydrogens (tertiary/aromatic N) is 1. The zero-order valence-corrected chi connectivity index (χ0v) is 9.33. The van der Waals surface area contributed by atoms with Crippen LogP contribution in [-0.2, 0) is 4.74 Å². The van der Waals surface area contributed by atoms with Crippen molar-refractivity contribution in [1.82, 2.24) is 10.2 Å². The highest BCUT2D eigenvalue weighted by Crippen LogP contribution is 2.22. The molecule has 0 aliphatic carbocycles. The second-order valence-electron chi connectivity index (χ2n) is 4.46. The molecule has 2 heterocycles. The van der Waals surface area contributed by atoms with E-state index in [1.807, 2.05) is 0 Å². The maximum absolute atomic E-state index is 5.83. The highest BCUT2D eigenvalue weighted by Gasteiger charge is 2.35. The van der Waals surface area contributed by atoms with Crippen LogP contribution in [-0.4, -0.2) is 49.3 Å². The third-order valence-electron chi connectivity index (χ3n) is 3.65. The van der Waals surface area contributed by atoms with Crippen molar-refractivity contribution < 1.29 is 4.74 Å². The molecule has 0 aromatic rings. The van der Waals surface area contributed by atoms with E-state index in [-0.39, 0.29) is 0 Å². The number of nitrogens with one attached hydrogen (secondary N) is 1. The maximum atomic E-state index is 5.83. The summed E-state index contributed by atoms with van der Waals surface area (Å²) < 4.78 is 5.83. The van der Waals surface area contributed by atoms with Gasteiger partial charge in [0, 0.05) is 25.2 Å². The Morgan fingerprint density at radius 1 is 1.57 bits per heavy atom. The summed E-state index contributed by atoms with van der Waals surface area (Å²) in [6.07, 6.45) is 2.90. The molecule has 1 N–H and O–H groups in total. The van der Waals surface area contributed by atoms with Crippen molar-refractivity contribution in [1.29, 1.82) is 0 Å². The van der Waals surface area contributed by atoms with E-state index in [9.17, 15) is 0 Å². The largest absolute Gasteiger partial charge is 0.375 e. The minimum atomic E-state index is 0.485. The Morgan fingerprint density at radius 2 is 2.43 bits per heavy atom. The van der Waals surface area contributed by atoms with Gasteiger partial charge in [0.25, 0.3) is 0 Å². The van der Waals surface area contributed by atoms with Crippen LogP contribution >= 0.6 is 0 Å². The quantitative estimate of drug-likeness (QED) is 0.712. The molecule has 0 amide bonds. The summed E-state index contributed by atoms with van der Waals surface area (Å²) in [5.74, 6) is 0. The molecule has 0 aromatic carbocycles. The van der Waals surface area contributed by atoms with E-state index in [2.05, 4.69) is 24.1 Å². The number of piperidine rings is 1. The van der Waals surface area contributed by atoms with E-state index in [4.69, 9.17) is 4.74 Å². The summed E-state index contributed by atoms with van der Waals surface area (Å²) in [6, 6.07) is 1.32. The van der Waals surface area contributed by atoms with E-state index in [1.165, 1.54) is 12.8 Å². The van der Waals surface area contributed by atoms with Crippen LogP contribution in [0, 0.1) is 0 Å². The van der Waals surface area contributed by atoms with Gasteiger partial charge in [-0.2, -0.15) is 0 Å². The second kappa shape index (κ2) is 4.60. The van der Waals surface area contributed by atoms with Crippen LogP contribution in [0.15, 0.2) is 0 Å². The van der Waals surface area contributed by atoms with Gasteiger partial charge in [-0.25, -0.2) is 0 Å². The molecule has 2 aliphatic heterocycles. The normalized spacial score (nSPS) is 36.4. The molecule has 2 aliphatic rings. The Hall–Kier alpha value is -0.120. The molecule has 14 heavy (non-hydrogen) atoms. The summed E-state index contributed by atoms with van der Waals surface area (Å²) in [6.45, 7) is 8.86. The third kappa shape index (κ3) is 1.95. The monoisotopic (exact) mass is 198 g/mol. The van der Waals surface area contributed by atoms with Gasteiger partial charge in [0.2, 0.25) is 0 Å². The Morgan fingerprint density at radius 3 is 3.21 bits per heavy atom. The molecular weight excluding hydrogens is 176 g/mol. The highest BCUT2D eigenvalue weighted by atomic mass is 16.5. The summed E-state index contributed by atoms with van der Waals surface area (Å²) in [4.78, 5) is 2.63. The maximum Gasteiger partial charge on any atom is 0.0755 e. The fourth-order valence-electron chi connectivity index (χ4n) is 2.60. The highest BCUT2D eigenvalue weighted by molar-refractivity contribution is 4.91. The Labute approximate surface area is 86.8 Å². The molecule has 0 spiro atoms. The van der Waals surface area contributed by atoms with E-state index in [0.717, 1.165) is 26.2 Å². The van der Waals surface area contributed by atoms with Crippen molar-refractivity contribution in [3.8, 4) is 0 Å². The molecule has 2 saturated heterocycles. The molecule has 2 fully saturated rings. The predicted molar refractivity (Wildman–Crippen MR) is 57.5 cm³/mol. The lowest BCUT2D eigenvalue weighted by molar-refractivity contribution is -0.0949. The summed E-state index contributed by atoms with van der Waals surface area (Å²) in [5.41, 5.74) is 0. The van der Waals surface area contributed by atoms with Gasteiger partial charge >= 0.3 is 0 Å². The fourth-order valence-corrected chi connectivity index (χ4v) is 2.60. The smallest absolute Gasteiger partial charge is 0.0755 e. The van der Waals surface area contributed by atoms with Gasteiger partial charge in [0.05, 0.1) is 12.7 Å². The van der Waals surface area contributed by atoms with Crippen molar-refractivity contribution >= 4 is 0 Å². The summed E-state index contributed by atoms with van der Waals surface area (Å²) in [7, 11) is 0. The lowest BCUT2D eigenvalue weighted by Gasteiger charge is -2.46. The molecule has 3 nitrogen and oxygen atoms in total. The van der Waals surface area contributed by atoms with Crippen molar-refractivity contribution in [2.24, 2.45) is 0 Å². The molecular formula is C11H22N2O. The van der Waals surface area contributed by atoms with E-state index < -0.39 is 0 Å². The predicted octanol–water partition coefficient (Wildman–Crippen LogP) is 0.848. The third-order valence-corrected chi connectivity index (χ3v) is 3.65. The van der Waals surface area contributed by atoms with Gasteiger partial charge in [-0.3, -0.25) is 4.90 Å². The Bertz CT molecular complexity index is 182. The Kier molecular flexibility index (Phi) is 3.42. The molecule has 0 saturated carbocycles. The number of hydrogen-bond donors (Lipinski definition) is 1. The molecule has 82 valence electrons. The van der Waals surface area contributed by atoms with Gasteiger partial charge in [-0.1, -0.05) is 6.92 Å². The molecule has 3 atom stereocenters. The SMILES string of the molecule is CCC(C)N1CCO[C@H]2CCNC[C@H]21. The van der Waals surface area contributed by atoms with Crippen LogP contribution in [0.4, 0.5) is 0 Å². The topological polar surface area (TPSA) is 24.5 Å². The average Bonchev–Trinajstić information content (AvgIpc) is 2.27. The fraction of sp³-hybridized carbons (Fsp3) is 1.00. The van der Waals surface area contributed by atoms with Crippen LogP contribution in [0.25, 0.3) is 0 Å². The van der Waals surface area contributed by atoms with Crippen LogP contribution in [0.5, 0.6) is 0 Å². The zero-order chi connectivity index (χ0) is 9.97. The first kappa shape index (κ1) is 10.4. The van der Waals surface area contributed by atoms with Crippen LogP contribution in [0.1, 0.15) is 26.7 Å². The minimum Gasteiger partial charge on any atom is -0.375 e.